The summed E-state index contributed by atoms with van der Waals surface area (Å²) < 4.78 is 0. The van der Waals surface area contributed by atoms with E-state index in [0.717, 1.165) is 5.46 Å². The summed E-state index contributed by atoms with van der Waals surface area (Å²) in [4.78, 5) is 0. The Hall–Kier alpha value is -0.755. The molecule has 0 bridgehead atoms. The second kappa shape index (κ2) is 3.58. The minimum Gasteiger partial charge on any atom is -0.449 e. The van der Waals surface area contributed by atoms with E-state index in [2.05, 4.69) is 19.9 Å². The molecule has 0 saturated carbocycles. The summed E-state index contributed by atoms with van der Waals surface area (Å²) in [6.07, 6.45) is 0. The molecular weight excluding hydrogens is 135 g/mol. The standard InChI is InChI=1S/C9H13BO/c1-7(2)8-5-3-4-6-9(8)10-11/h3-7,10-11H,1-2H3. The monoisotopic (exact) mass is 148 g/mol. The van der Waals surface area contributed by atoms with Crippen LogP contribution in [0.1, 0.15) is 25.3 Å². The molecule has 0 heterocycles. The zero-order chi connectivity index (χ0) is 8.27. The van der Waals surface area contributed by atoms with Crippen molar-refractivity contribution >= 4 is 12.9 Å². The largest absolute Gasteiger partial charge is 0.449 e. The van der Waals surface area contributed by atoms with Crippen molar-refractivity contribution in [1.82, 2.24) is 0 Å². The third kappa shape index (κ3) is 1.84. The summed E-state index contributed by atoms with van der Waals surface area (Å²) in [7, 11) is 0.147. The van der Waals surface area contributed by atoms with Crippen molar-refractivity contribution in [2.75, 3.05) is 0 Å². The lowest BCUT2D eigenvalue weighted by atomic mass is 9.81. The highest BCUT2D eigenvalue weighted by Gasteiger charge is 2.04. The molecule has 0 fully saturated rings. The average molecular weight is 148 g/mol. The molecule has 1 aromatic rings. The van der Waals surface area contributed by atoms with E-state index in [4.69, 9.17) is 5.02 Å². The highest BCUT2D eigenvalue weighted by molar-refractivity contribution is 6.46. The van der Waals surface area contributed by atoms with E-state index in [1.165, 1.54) is 5.56 Å². The van der Waals surface area contributed by atoms with Gasteiger partial charge >= 0.3 is 7.48 Å². The smallest absolute Gasteiger partial charge is 0.305 e. The first kappa shape index (κ1) is 8.34. The first-order chi connectivity index (χ1) is 5.25. The van der Waals surface area contributed by atoms with E-state index in [1.54, 1.807) is 0 Å². The third-order valence-electron chi connectivity index (χ3n) is 1.85. The highest BCUT2D eigenvalue weighted by atomic mass is 16.2. The zero-order valence-corrected chi connectivity index (χ0v) is 7.04. The molecule has 0 aliphatic carbocycles. The molecule has 1 N–H and O–H groups in total. The van der Waals surface area contributed by atoms with Gasteiger partial charge in [0.2, 0.25) is 0 Å². The average Bonchev–Trinajstić information content (AvgIpc) is 2.04. The first-order valence-corrected chi connectivity index (χ1v) is 3.94. The normalized spacial score (nSPS) is 10.2. The number of hydrogen-bond acceptors (Lipinski definition) is 1. The Balaban J connectivity index is 3.02. The van der Waals surface area contributed by atoms with E-state index >= 15 is 0 Å². The van der Waals surface area contributed by atoms with Crippen molar-refractivity contribution in [3.63, 3.8) is 0 Å². The molecule has 1 aromatic carbocycles. The predicted octanol–water partition coefficient (Wildman–Crippen LogP) is 0.779. The molecule has 58 valence electrons. The molecule has 2 heteroatoms. The van der Waals surface area contributed by atoms with Gasteiger partial charge in [0.25, 0.3) is 0 Å². The van der Waals surface area contributed by atoms with Crippen molar-refractivity contribution in [2.45, 2.75) is 19.8 Å². The lowest BCUT2D eigenvalue weighted by molar-refractivity contribution is 0.614. The van der Waals surface area contributed by atoms with E-state index < -0.39 is 0 Å². The summed E-state index contributed by atoms with van der Waals surface area (Å²) in [5.41, 5.74) is 2.29. The lowest BCUT2D eigenvalue weighted by Crippen LogP contribution is -2.19. The van der Waals surface area contributed by atoms with Gasteiger partial charge in [-0.25, -0.2) is 0 Å². The Morgan fingerprint density at radius 2 is 1.91 bits per heavy atom. The van der Waals surface area contributed by atoms with Crippen molar-refractivity contribution in [3.8, 4) is 0 Å². The van der Waals surface area contributed by atoms with Crippen LogP contribution in [-0.2, 0) is 0 Å². The molecule has 0 spiro atoms. The summed E-state index contributed by atoms with van der Waals surface area (Å²) in [6.45, 7) is 4.27. The SMILES string of the molecule is CC(C)c1ccccc1BO. The van der Waals surface area contributed by atoms with Gasteiger partial charge in [0.1, 0.15) is 0 Å². The van der Waals surface area contributed by atoms with Gasteiger partial charge in [-0.2, -0.15) is 0 Å². The first-order valence-electron chi connectivity index (χ1n) is 3.94. The van der Waals surface area contributed by atoms with Gasteiger partial charge in [0, 0.05) is 0 Å². The van der Waals surface area contributed by atoms with Crippen LogP contribution in [0.4, 0.5) is 0 Å². The van der Waals surface area contributed by atoms with Gasteiger partial charge in [0.15, 0.2) is 0 Å². The molecule has 11 heavy (non-hydrogen) atoms. The second-order valence-corrected chi connectivity index (χ2v) is 3.01. The maximum absolute atomic E-state index is 8.97. The Morgan fingerprint density at radius 3 is 2.36 bits per heavy atom. The summed E-state index contributed by atoms with van der Waals surface area (Å²) >= 11 is 0. The molecule has 0 unspecified atom stereocenters. The Kier molecular flexibility index (Phi) is 2.72. The van der Waals surface area contributed by atoms with Crippen LogP contribution in [0.3, 0.4) is 0 Å². The maximum Gasteiger partial charge on any atom is 0.305 e. The maximum atomic E-state index is 8.97. The number of benzene rings is 1. The van der Waals surface area contributed by atoms with Gasteiger partial charge < -0.3 is 5.02 Å². The van der Waals surface area contributed by atoms with E-state index in [1.807, 2.05) is 18.2 Å². The fourth-order valence-corrected chi connectivity index (χ4v) is 1.24. The Labute approximate surface area is 68.3 Å². The van der Waals surface area contributed by atoms with Crippen LogP contribution in [-0.4, -0.2) is 12.5 Å². The molecule has 0 aliphatic heterocycles. The number of rotatable bonds is 2. The lowest BCUT2D eigenvalue weighted by Gasteiger charge is -2.08. The van der Waals surface area contributed by atoms with Crippen molar-refractivity contribution in [2.24, 2.45) is 0 Å². The van der Waals surface area contributed by atoms with Gasteiger partial charge in [-0.3, -0.25) is 0 Å². The van der Waals surface area contributed by atoms with Crippen LogP contribution >= 0.6 is 0 Å². The van der Waals surface area contributed by atoms with Crippen molar-refractivity contribution < 1.29 is 5.02 Å². The molecule has 0 aliphatic rings. The van der Waals surface area contributed by atoms with E-state index in [9.17, 15) is 0 Å². The van der Waals surface area contributed by atoms with Crippen LogP contribution in [0.5, 0.6) is 0 Å². The second-order valence-electron chi connectivity index (χ2n) is 3.01. The molecular formula is C9H13BO. The fourth-order valence-electron chi connectivity index (χ4n) is 1.24. The highest BCUT2D eigenvalue weighted by Crippen LogP contribution is 2.09. The Morgan fingerprint density at radius 1 is 1.27 bits per heavy atom. The van der Waals surface area contributed by atoms with Crippen molar-refractivity contribution in [1.29, 1.82) is 0 Å². The van der Waals surface area contributed by atoms with Gasteiger partial charge in [-0.1, -0.05) is 38.1 Å². The summed E-state index contributed by atoms with van der Waals surface area (Å²) in [5, 5.41) is 8.97. The molecule has 0 radical (unpaired) electrons. The van der Waals surface area contributed by atoms with Crippen LogP contribution < -0.4 is 5.46 Å². The van der Waals surface area contributed by atoms with Gasteiger partial charge in [0.05, 0.1) is 0 Å². The van der Waals surface area contributed by atoms with Gasteiger partial charge in [-0.15, -0.1) is 0 Å². The van der Waals surface area contributed by atoms with E-state index in [0.29, 0.717) is 5.92 Å². The Bertz CT molecular complexity index is 233. The predicted molar refractivity (Wildman–Crippen MR) is 49.5 cm³/mol. The quantitative estimate of drug-likeness (QED) is 0.614. The van der Waals surface area contributed by atoms with Crippen LogP contribution in [0.25, 0.3) is 0 Å². The number of hydrogen-bond donors (Lipinski definition) is 1. The van der Waals surface area contributed by atoms with Crippen molar-refractivity contribution in [3.05, 3.63) is 29.8 Å². The molecule has 0 aromatic heterocycles. The molecule has 0 atom stereocenters. The van der Waals surface area contributed by atoms with Crippen LogP contribution in [0.15, 0.2) is 24.3 Å². The molecule has 0 saturated heterocycles. The third-order valence-corrected chi connectivity index (χ3v) is 1.85. The minimum absolute atomic E-state index is 0.147. The van der Waals surface area contributed by atoms with Gasteiger partial charge in [-0.05, 0) is 16.9 Å². The molecule has 0 amide bonds. The van der Waals surface area contributed by atoms with Crippen LogP contribution in [0, 0.1) is 0 Å². The minimum atomic E-state index is 0.147. The fraction of sp³-hybridized carbons (Fsp3) is 0.333. The summed E-state index contributed by atoms with van der Waals surface area (Å²) in [6, 6.07) is 8.00. The molecule has 1 nitrogen and oxygen atoms in total. The van der Waals surface area contributed by atoms with Crippen LogP contribution in [0.2, 0.25) is 0 Å². The zero-order valence-electron chi connectivity index (χ0n) is 7.04. The topological polar surface area (TPSA) is 20.2 Å². The summed E-state index contributed by atoms with van der Waals surface area (Å²) in [5.74, 6) is 0.498. The van der Waals surface area contributed by atoms with E-state index in [-0.39, 0.29) is 7.48 Å². The molecule has 1 rings (SSSR count).